The third kappa shape index (κ3) is 4.73. The molecule has 2 nitrogen and oxygen atoms in total. The summed E-state index contributed by atoms with van der Waals surface area (Å²) in [5.74, 6) is 0.936. The van der Waals surface area contributed by atoms with Gasteiger partial charge in [0.2, 0.25) is 0 Å². The lowest BCUT2D eigenvalue weighted by Crippen LogP contribution is -2.11. The molecule has 0 aromatic heterocycles. The molecule has 1 rings (SSSR count). The average Bonchev–Trinajstić information content (AvgIpc) is 2.18. The molecule has 4 heteroatoms. The highest BCUT2D eigenvalue weighted by molar-refractivity contribution is 9.10. The molecule has 92 valence electrons. The third-order valence-electron chi connectivity index (χ3n) is 2.45. The Labute approximate surface area is 112 Å². The van der Waals surface area contributed by atoms with Crippen molar-refractivity contribution in [3.8, 4) is 5.75 Å². The Morgan fingerprint density at radius 1 is 1.31 bits per heavy atom. The van der Waals surface area contributed by atoms with Crippen LogP contribution in [0.4, 0.5) is 0 Å². The van der Waals surface area contributed by atoms with Crippen LogP contribution in [0.2, 0.25) is 0 Å². The van der Waals surface area contributed by atoms with Crippen LogP contribution in [0, 0.1) is 5.92 Å². The van der Waals surface area contributed by atoms with Crippen LogP contribution in [0.1, 0.15) is 38.3 Å². The van der Waals surface area contributed by atoms with Gasteiger partial charge in [-0.2, -0.15) is 0 Å². The molecule has 0 spiro atoms. The van der Waals surface area contributed by atoms with Crippen LogP contribution in [0.15, 0.2) is 22.7 Å². The molecule has 1 atom stereocenters. The van der Waals surface area contributed by atoms with Crippen LogP contribution in [0.25, 0.3) is 0 Å². The maximum atomic E-state index is 9.36. The van der Waals surface area contributed by atoms with Crippen molar-refractivity contribution in [2.75, 3.05) is 0 Å². The number of benzene rings is 1. The van der Waals surface area contributed by atoms with Crippen LogP contribution in [-0.4, -0.2) is 5.11 Å². The molecule has 3 N–H and O–H groups in total. The molecular formula is C12H19BrClNO. The second-order valence-corrected chi connectivity index (χ2v) is 5.14. The largest absolute Gasteiger partial charge is 0.507 e. The number of halogens is 2. The number of nitrogens with two attached hydrogens (primary N) is 1. The summed E-state index contributed by atoms with van der Waals surface area (Å²) in [6.07, 6.45) is 2.11. The van der Waals surface area contributed by atoms with Gasteiger partial charge in [0.15, 0.2) is 0 Å². The summed E-state index contributed by atoms with van der Waals surface area (Å²) in [6.45, 7) is 4.39. The third-order valence-corrected chi connectivity index (χ3v) is 3.09. The van der Waals surface area contributed by atoms with Crippen molar-refractivity contribution in [2.24, 2.45) is 11.7 Å². The first-order valence-corrected chi connectivity index (χ1v) is 6.04. The molecule has 1 aromatic carbocycles. The van der Waals surface area contributed by atoms with E-state index < -0.39 is 0 Å². The lowest BCUT2D eigenvalue weighted by atomic mass is 9.98. The fourth-order valence-corrected chi connectivity index (χ4v) is 1.83. The Balaban J connectivity index is 0.00000225. The fraction of sp³-hybridized carbons (Fsp3) is 0.500. The molecule has 0 bridgehead atoms. The molecular weight excluding hydrogens is 289 g/mol. The topological polar surface area (TPSA) is 46.2 Å². The monoisotopic (exact) mass is 307 g/mol. The first-order valence-electron chi connectivity index (χ1n) is 5.24. The molecule has 0 saturated heterocycles. The molecule has 16 heavy (non-hydrogen) atoms. The summed E-state index contributed by atoms with van der Waals surface area (Å²) >= 11 is 3.29. The van der Waals surface area contributed by atoms with E-state index in [1.54, 1.807) is 6.07 Å². The second-order valence-electron chi connectivity index (χ2n) is 4.29. The van der Waals surface area contributed by atoms with Crippen molar-refractivity contribution in [2.45, 2.75) is 32.7 Å². The first kappa shape index (κ1) is 15.8. The Hall–Kier alpha value is -0.250. The smallest absolute Gasteiger partial charge is 0.129 e. The van der Waals surface area contributed by atoms with Gasteiger partial charge in [-0.25, -0.2) is 0 Å². The van der Waals surface area contributed by atoms with Crippen LogP contribution >= 0.6 is 28.3 Å². The molecule has 0 radical (unpaired) electrons. The summed E-state index contributed by atoms with van der Waals surface area (Å²) < 4.78 is 0.708. The van der Waals surface area contributed by atoms with E-state index in [4.69, 9.17) is 5.73 Å². The van der Waals surface area contributed by atoms with Gasteiger partial charge in [0.1, 0.15) is 5.75 Å². The summed E-state index contributed by atoms with van der Waals surface area (Å²) in [5.41, 5.74) is 7.13. The van der Waals surface area contributed by atoms with Crippen molar-refractivity contribution in [1.29, 1.82) is 0 Å². The molecule has 0 amide bonds. The Morgan fingerprint density at radius 2 is 1.94 bits per heavy atom. The Kier molecular flexibility index (Phi) is 7.04. The number of phenols is 1. The Morgan fingerprint density at radius 3 is 2.44 bits per heavy atom. The second kappa shape index (κ2) is 7.15. The number of aromatic hydroxyl groups is 1. The fourth-order valence-electron chi connectivity index (χ4n) is 1.43. The average molecular weight is 309 g/mol. The SMILES string of the molecule is CC(C)CC[C@@H](N)c1ccc(O)c(Br)c1.Cl. The van der Waals surface area contributed by atoms with Gasteiger partial charge in [-0.05, 0) is 52.4 Å². The molecule has 0 aliphatic carbocycles. The van der Waals surface area contributed by atoms with E-state index in [1.165, 1.54) is 0 Å². The van der Waals surface area contributed by atoms with Gasteiger partial charge < -0.3 is 10.8 Å². The number of hydrogen-bond donors (Lipinski definition) is 2. The van der Waals surface area contributed by atoms with Gasteiger partial charge in [0.05, 0.1) is 4.47 Å². The zero-order valence-corrected chi connectivity index (χ0v) is 12.0. The maximum absolute atomic E-state index is 9.36. The van der Waals surface area contributed by atoms with Crippen molar-refractivity contribution in [3.63, 3.8) is 0 Å². The van der Waals surface area contributed by atoms with Gasteiger partial charge >= 0.3 is 0 Å². The van der Waals surface area contributed by atoms with E-state index in [2.05, 4.69) is 29.8 Å². The van der Waals surface area contributed by atoms with Crippen molar-refractivity contribution < 1.29 is 5.11 Å². The highest BCUT2D eigenvalue weighted by atomic mass is 79.9. The van der Waals surface area contributed by atoms with Crippen LogP contribution in [0.5, 0.6) is 5.75 Å². The quantitative estimate of drug-likeness (QED) is 0.882. The number of hydrogen-bond acceptors (Lipinski definition) is 2. The molecule has 1 aromatic rings. The molecule has 0 unspecified atom stereocenters. The molecule has 0 saturated carbocycles. The normalized spacial score (nSPS) is 12.3. The van der Waals surface area contributed by atoms with Gasteiger partial charge in [0, 0.05) is 6.04 Å². The highest BCUT2D eigenvalue weighted by Crippen LogP contribution is 2.28. The molecule has 0 fully saturated rings. The standard InChI is InChI=1S/C12H18BrNO.ClH/c1-8(2)3-5-11(14)9-4-6-12(15)10(13)7-9;/h4,6-8,11,15H,3,5,14H2,1-2H3;1H/t11-;/m1./s1. The number of rotatable bonds is 4. The highest BCUT2D eigenvalue weighted by Gasteiger charge is 2.08. The van der Waals surface area contributed by atoms with Gasteiger partial charge in [-0.3, -0.25) is 0 Å². The Bertz CT molecular complexity index is 331. The zero-order valence-electron chi connectivity index (χ0n) is 9.61. The van der Waals surface area contributed by atoms with E-state index in [-0.39, 0.29) is 24.2 Å². The summed E-state index contributed by atoms with van der Waals surface area (Å²) in [7, 11) is 0. The summed E-state index contributed by atoms with van der Waals surface area (Å²) in [5, 5.41) is 9.36. The van der Waals surface area contributed by atoms with E-state index in [0.717, 1.165) is 18.4 Å². The predicted molar refractivity (Wildman–Crippen MR) is 74.1 cm³/mol. The minimum atomic E-state index is 0. The van der Waals surface area contributed by atoms with E-state index in [9.17, 15) is 5.11 Å². The van der Waals surface area contributed by atoms with Gasteiger partial charge in [-0.15, -0.1) is 12.4 Å². The van der Waals surface area contributed by atoms with Crippen molar-refractivity contribution in [3.05, 3.63) is 28.2 Å². The van der Waals surface area contributed by atoms with Crippen molar-refractivity contribution >= 4 is 28.3 Å². The maximum Gasteiger partial charge on any atom is 0.129 e. The van der Waals surface area contributed by atoms with Crippen LogP contribution in [0.3, 0.4) is 0 Å². The van der Waals surface area contributed by atoms with E-state index >= 15 is 0 Å². The van der Waals surface area contributed by atoms with E-state index in [0.29, 0.717) is 10.4 Å². The molecule has 0 aliphatic heterocycles. The van der Waals surface area contributed by atoms with Crippen molar-refractivity contribution in [1.82, 2.24) is 0 Å². The van der Waals surface area contributed by atoms with Gasteiger partial charge in [-0.1, -0.05) is 19.9 Å². The zero-order chi connectivity index (χ0) is 11.4. The lowest BCUT2D eigenvalue weighted by molar-refractivity contribution is 0.470. The minimum absolute atomic E-state index is 0. The summed E-state index contributed by atoms with van der Waals surface area (Å²) in [4.78, 5) is 0. The van der Waals surface area contributed by atoms with E-state index in [1.807, 2.05) is 12.1 Å². The molecule has 0 heterocycles. The van der Waals surface area contributed by atoms with Crippen LogP contribution in [-0.2, 0) is 0 Å². The summed E-state index contributed by atoms with van der Waals surface area (Å²) in [6, 6.07) is 5.50. The lowest BCUT2D eigenvalue weighted by Gasteiger charge is -2.14. The minimum Gasteiger partial charge on any atom is -0.507 e. The molecule has 0 aliphatic rings. The predicted octanol–water partition coefficient (Wildman–Crippen LogP) is 4.01. The van der Waals surface area contributed by atoms with Crippen LogP contribution < -0.4 is 5.73 Å². The van der Waals surface area contributed by atoms with Gasteiger partial charge in [0.25, 0.3) is 0 Å². The number of phenolic OH excluding ortho intramolecular Hbond substituents is 1. The first-order chi connectivity index (χ1) is 7.00.